The van der Waals surface area contributed by atoms with Gasteiger partial charge in [-0.25, -0.2) is 9.78 Å². The summed E-state index contributed by atoms with van der Waals surface area (Å²) in [5, 5.41) is 5.61. The van der Waals surface area contributed by atoms with E-state index in [0.717, 1.165) is 17.0 Å². The molecule has 0 fully saturated rings. The quantitative estimate of drug-likeness (QED) is 0.772. The third kappa shape index (κ3) is 3.20. The fraction of sp³-hybridized carbons (Fsp3) is 0.125. The van der Waals surface area contributed by atoms with Crippen molar-refractivity contribution in [3.63, 3.8) is 0 Å². The first kappa shape index (κ1) is 13.2. The van der Waals surface area contributed by atoms with E-state index in [-0.39, 0.29) is 6.03 Å². The topological polar surface area (TPSA) is 58.4 Å². The first-order valence-electron chi connectivity index (χ1n) is 6.84. The van der Waals surface area contributed by atoms with Crippen molar-refractivity contribution < 1.29 is 4.79 Å². The molecule has 0 aliphatic rings. The van der Waals surface area contributed by atoms with E-state index in [2.05, 4.69) is 15.6 Å². The molecule has 3 aromatic rings. The number of fused-ring (bicyclic) bond motifs is 1. The Labute approximate surface area is 122 Å². The van der Waals surface area contributed by atoms with Gasteiger partial charge >= 0.3 is 6.03 Å². The number of aromatic nitrogens is 2. The van der Waals surface area contributed by atoms with Gasteiger partial charge in [0.1, 0.15) is 5.82 Å². The molecule has 0 atom stereocenters. The highest BCUT2D eigenvalue weighted by Gasteiger charge is 2.04. The van der Waals surface area contributed by atoms with Gasteiger partial charge in [-0.15, -0.1) is 0 Å². The Bertz CT molecular complexity index is 736. The molecule has 2 amide bonds. The average molecular weight is 280 g/mol. The van der Waals surface area contributed by atoms with Crippen LogP contribution in [-0.2, 0) is 6.42 Å². The van der Waals surface area contributed by atoms with Crippen molar-refractivity contribution >= 4 is 17.2 Å². The van der Waals surface area contributed by atoms with Crippen LogP contribution in [0.3, 0.4) is 0 Å². The van der Waals surface area contributed by atoms with Gasteiger partial charge in [0.15, 0.2) is 0 Å². The minimum absolute atomic E-state index is 0.206. The molecule has 2 aromatic heterocycles. The second-order valence-electron chi connectivity index (χ2n) is 4.67. The van der Waals surface area contributed by atoms with Crippen molar-refractivity contribution in [1.29, 1.82) is 0 Å². The molecule has 0 aliphatic heterocycles. The first-order valence-corrected chi connectivity index (χ1v) is 6.84. The lowest BCUT2D eigenvalue weighted by molar-refractivity contribution is 0.252. The molecule has 21 heavy (non-hydrogen) atoms. The number of pyridine rings is 1. The zero-order chi connectivity index (χ0) is 14.5. The SMILES string of the molecule is O=C(NCCc1ncc2ccccn12)Nc1ccccc1. The van der Waals surface area contributed by atoms with E-state index in [1.54, 1.807) is 0 Å². The molecule has 0 spiro atoms. The van der Waals surface area contributed by atoms with Crippen LogP contribution in [0.5, 0.6) is 0 Å². The second-order valence-corrected chi connectivity index (χ2v) is 4.67. The minimum Gasteiger partial charge on any atom is -0.337 e. The highest BCUT2D eigenvalue weighted by molar-refractivity contribution is 5.89. The average Bonchev–Trinajstić information content (AvgIpc) is 2.92. The number of hydrogen-bond acceptors (Lipinski definition) is 2. The number of anilines is 1. The lowest BCUT2D eigenvalue weighted by atomic mass is 10.3. The van der Waals surface area contributed by atoms with Gasteiger partial charge in [0.25, 0.3) is 0 Å². The second kappa shape index (κ2) is 6.09. The van der Waals surface area contributed by atoms with Crippen LogP contribution in [0.1, 0.15) is 5.82 Å². The van der Waals surface area contributed by atoms with E-state index in [1.165, 1.54) is 0 Å². The van der Waals surface area contributed by atoms with Crippen molar-refractivity contribution in [3.8, 4) is 0 Å². The standard InChI is InChI=1S/C16H16N4O/c21-16(19-13-6-2-1-3-7-13)17-10-9-15-18-12-14-8-4-5-11-20(14)15/h1-8,11-12H,9-10H2,(H2,17,19,21). The molecule has 0 aliphatic carbocycles. The summed E-state index contributed by atoms with van der Waals surface area (Å²) in [6.45, 7) is 0.534. The summed E-state index contributed by atoms with van der Waals surface area (Å²) in [6, 6.07) is 15.1. The first-order chi connectivity index (χ1) is 10.3. The van der Waals surface area contributed by atoms with Crippen molar-refractivity contribution in [2.75, 3.05) is 11.9 Å². The molecule has 0 saturated heterocycles. The minimum atomic E-state index is -0.206. The lowest BCUT2D eigenvalue weighted by Gasteiger charge is -2.07. The van der Waals surface area contributed by atoms with E-state index in [9.17, 15) is 4.79 Å². The summed E-state index contributed by atoms with van der Waals surface area (Å²) < 4.78 is 2.02. The Morgan fingerprint density at radius 2 is 1.90 bits per heavy atom. The Balaban J connectivity index is 1.53. The Hall–Kier alpha value is -2.82. The molecule has 2 N–H and O–H groups in total. The van der Waals surface area contributed by atoms with Gasteiger partial charge in [0.2, 0.25) is 0 Å². The van der Waals surface area contributed by atoms with Crippen LogP contribution < -0.4 is 10.6 Å². The molecule has 0 saturated carbocycles. The maximum Gasteiger partial charge on any atom is 0.319 e. The smallest absolute Gasteiger partial charge is 0.319 e. The van der Waals surface area contributed by atoms with Crippen molar-refractivity contribution in [1.82, 2.24) is 14.7 Å². The van der Waals surface area contributed by atoms with Gasteiger partial charge in [0.05, 0.1) is 11.7 Å². The summed E-state index contributed by atoms with van der Waals surface area (Å²) in [6.07, 6.45) is 4.49. The van der Waals surface area contributed by atoms with Gasteiger partial charge in [-0.2, -0.15) is 0 Å². The van der Waals surface area contributed by atoms with E-state index in [0.29, 0.717) is 13.0 Å². The van der Waals surface area contributed by atoms with Gasteiger partial charge in [-0.1, -0.05) is 24.3 Å². The van der Waals surface area contributed by atoms with Crippen LogP contribution in [0.4, 0.5) is 10.5 Å². The molecule has 2 heterocycles. The van der Waals surface area contributed by atoms with Crippen LogP contribution in [0.15, 0.2) is 60.9 Å². The molecular formula is C16H16N4O. The van der Waals surface area contributed by atoms with Gasteiger partial charge in [-0.3, -0.25) is 0 Å². The zero-order valence-corrected chi connectivity index (χ0v) is 11.5. The third-order valence-corrected chi connectivity index (χ3v) is 3.18. The van der Waals surface area contributed by atoms with Crippen molar-refractivity contribution in [2.24, 2.45) is 0 Å². The lowest BCUT2D eigenvalue weighted by Crippen LogP contribution is -2.30. The molecule has 0 radical (unpaired) electrons. The van der Waals surface area contributed by atoms with Crippen LogP contribution in [0.25, 0.3) is 5.52 Å². The number of carbonyl (C=O) groups excluding carboxylic acids is 1. The largest absolute Gasteiger partial charge is 0.337 e. The van der Waals surface area contributed by atoms with Gasteiger partial charge in [0, 0.05) is 24.8 Å². The number of imidazole rings is 1. The number of benzene rings is 1. The van der Waals surface area contributed by atoms with Crippen LogP contribution >= 0.6 is 0 Å². The summed E-state index contributed by atoms with van der Waals surface area (Å²) >= 11 is 0. The summed E-state index contributed by atoms with van der Waals surface area (Å²) in [7, 11) is 0. The molecule has 5 heteroatoms. The van der Waals surface area contributed by atoms with E-state index in [4.69, 9.17) is 0 Å². The molecule has 3 rings (SSSR count). The van der Waals surface area contributed by atoms with Gasteiger partial charge in [-0.05, 0) is 24.3 Å². The Kier molecular flexibility index (Phi) is 3.82. The highest BCUT2D eigenvalue weighted by Crippen LogP contribution is 2.06. The monoisotopic (exact) mass is 280 g/mol. The third-order valence-electron chi connectivity index (χ3n) is 3.18. The number of nitrogens with zero attached hydrogens (tertiary/aromatic N) is 2. The number of nitrogens with one attached hydrogen (secondary N) is 2. The fourth-order valence-corrected chi connectivity index (χ4v) is 2.17. The predicted octanol–water partition coefficient (Wildman–Crippen LogP) is 2.70. The maximum atomic E-state index is 11.8. The van der Waals surface area contributed by atoms with Crippen LogP contribution in [0, 0.1) is 0 Å². The molecule has 5 nitrogen and oxygen atoms in total. The molecule has 0 unspecified atom stereocenters. The number of rotatable bonds is 4. The number of urea groups is 1. The Morgan fingerprint density at radius 1 is 1.10 bits per heavy atom. The zero-order valence-electron chi connectivity index (χ0n) is 11.5. The van der Waals surface area contributed by atoms with Crippen molar-refractivity contribution in [2.45, 2.75) is 6.42 Å². The molecule has 106 valence electrons. The van der Waals surface area contributed by atoms with E-state index >= 15 is 0 Å². The fourth-order valence-electron chi connectivity index (χ4n) is 2.17. The number of amides is 2. The van der Waals surface area contributed by atoms with Crippen molar-refractivity contribution in [3.05, 3.63) is 66.7 Å². The van der Waals surface area contributed by atoms with E-state index in [1.807, 2.05) is 65.3 Å². The molecular weight excluding hydrogens is 264 g/mol. The number of hydrogen-bond donors (Lipinski definition) is 2. The normalized spacial score (nSPS) is 10.5. The predicted molar refractivity (Wildman–Crippen MR) is 82.4 cm³/mol. The number of para-hydroxylation sites is 1. The summed E-state index contributed by atoms with van der Waals surface area (Å²) in [5.41, 5.74) is 1.84. The van der Waals surface area contributed by atoms with Gasteiger partial charge < -0.3 is 15.0 Å². The number of carbonyl (C=O) groups is 1. The summed E-state index contributed by atoms with van der Waals surface area (Å²) in [5.74, 6) is 0.936. The maximum absolute atomic E-state index is 11.8. The molecule has 0 bridgehead atoms. The van der Waals surface area contributed by atoms with Crippen LogP contribution in [0.2, 0.25) is 0 Å². The highest BCUT2D eigenvalue weighted by atomic mass is 16.2. The Morgan fingerprint density at radius 3 is 2.76 bits per heavy atom. The molecule has 1 aromatic carbocycles. The van der Waals surface area contributed by atoms with E-state index < -0.39 is 0 Å². The van der Waals surface area contributed by atoms with Crippen LogP contribution in [-0.4, -0.2) is 22.0 Å². The summed E-state index contributed by atoms with van der Waals surface area (Å²) in [4.78, 5) is 16.1.